The van der Waals surface area contributed by atoms with Crippen LogP contribution in [0.1, 0.15) is 33.1 Å². The van der Waals surface area contributed by atoms with E-state index in [2.05, 4.69) is 11.9 Å². The van der Waals surface area contributed by atoms with Gasteiger partial charge in [0.15, 0.2) is 11.3 Å². The number of carbonyl (C=O) groups excluding carboxylic acids is 1. The molecule has 2 atom stereocenters. The molecule has 80 valence electrons. The Bertz CT molecular complexity index is 253. The molecule has 0 fully saturated rings. The average molecular weight is 217 g/mol. The minimum atomic E-state index is -0.399. The van der Waals surface area contributed by atoms with Gasteiger partial charge in [-0.25, -0.2) is 0 Å². The van der Waals surface area contributed by atoms with Crippen molar-refractivity contribution in [1.82, 2.24) is 4.90 Å². The van der Waals surface area contributed by atoms with Crippen molar-refractivity contribution in [3.63, 3.8) is 0 Å². The maximum atomic E-state index is 11.3. The third-order valence-electron chi connectivity index (χ3n) is 2.53. The minimum Gasteiger partial charge on any atom is -0.350 e. The first kappa shape index (κ1) is 11.5. The highest BCUT2D eigenvalue weighted by Gasteiger charge is 2.34. The molecule has 0 radical (unpaired) electrons. The van der Waals surface area contributed by atoms with Crippen molar-refractivity contribution >= 4 is 23.2 Å². The number of hydrogen-bond acceptors (Lipinski definition) is 3. The van der Waals surface area contributed by atoms with E-state index in [1.807, 2.05) is 11.9 Å². The van der Waals surface area contributed by atoms with Gasteiger partial charge in [0, 0.05) is 13.5 Å². The van der Waals surface area contributed by atoms with Crippen molar-refractivity contribution in [1.29, 1.82) is 0 Å². The van der Waals surface area contributed by atoms with Crippen LogP contribution in [0.15, 0.2) is 4.99 Å². The molecule has 0 aromatic heterocycles. The molecule has 1 aliphatic rings. The maximum absolute atomic E-state index is 11.3. The van der Waals surface area contributed by atoms with Crippen LogP contribution in [-0.4, -0.2) is 35.1 Å². The Balaban J connectivity index is 2.63. The van der Waals surface area contributed by atoms with Gasteiger partial charge in [0.2, 0.25) is 0 Å². The zero-order chi connectivity index (χ0) is 10.7. The van der Waals surface area contributed by atoms with Crippen LogP contribution >= 0.6 is 11.6 Å². The Labute approximate surface area is 90.1 Å². The van der Waals surface area contributed by atoms with E-state index in [-0.39, 0.29) is 11.8 Å². The first-order chi connectivity index (χ1) is 6.57. The van der Waals surface area contributed by atoms with Crippen molar-refractivity contribution in [3.05, 3.63) is 0 Å². The van der Waals surface area contributed by atoms with Gasteiger partial charge in [-0.05, 0) is 13.3 Å². The van der Waals surface area contributed by atoms with Gasteiger partial charge in [0.05, 0.1) is 0 Å². The lowest BCUT2D eigenvalue weighted by molar-refractivity contribution is -0.120. The van der Waals surface area contributed by atoms with Crippen LogP contribution in [0.25, 0.3) is 0 Å². The predicted molar refractivity (Wildman–Crippen MR) is 58.8 cm³/mol. The molecule has 0 N–H and O–H groups in total. The van der Waals surface area contributed by atoms with Crippen LogP contribution in [0.2, 0.25) is 0 Å². The van der Waals surface area contributed by atoms with Crippen LogP contribution in [0.5, 0.6) is 0 Å². The van der Waals surface area contributed by atoms with Crippen LogP contribution in [0.3, 0.4) is 0 Å². The Kier molecular flexibility index (Phi) is 3.93. The van der Waals surface area contributed by atoms with Gasteiger partial charge in [-0.2, -0.15) is 0 Å². The number of unbranched alkanes of at least 4 members (excludes halogenated alkanes) is 1. The molecule has 1 unspecified atom stereocenters. The zero-order valence-corrected chi connectivity index (χ0v) is 9.71. The summed E-state index contributed by atoms with van der Waals surface area (Å²) in [6.07, 6.45) is 3.14. The normalized spacial score (nSPS) is 26.6. The van der Waals surface area contributed by atoms with Crippen LogP contribution in [0.4, 0.5) is 0 Å². The van der Waals surface area contributed by atoms with E-state index in [1.54, 1.807) is 6.92 Å². The molecule has 0 spiro atoms. The highest BCUT2D eigenvalue weighted by molar-refractivity contribution is 6.24. The van der Waals surface area contributed by atoms with E-state index >= 15 is 0 Å². The van der Waals surface area contributed by atoms with Gasteiger partial charge in [-0.3, -0.25) is 9.79 Å². The summed E-state index contributed by atoms with van der Waals surface area (Å²) < 4.78 is 0. The lowest BCUT2D eigenvalue weighted by Crippen LogP contribution is -2.40. The summed E-state index contributed by atoms with van der Waals surface area (Å²) in [6.45, 7) is 3.70. The number of ketones is 1. The number of aliphatic imine (C=N–C) groups is 1. The molecule has 0 amide bonds. The van der Waals surface area contributed by atoms with E-state index in [4.69, 9.17) is 11.6 Å². The minimum absolute atomic E-state index is 0.0859. The molecule has 0 aliphatic carbocycles. The Morgan fingerprint density at radius 1 is 1.64 bits per heavy atom. The van der Waals surface area contributed by atoms with E-state index < -0.39 is 5.50 Å². The second kappa shape index (κ2) is 4.78. The maximum Gasteiger partial charge on any atom is 0.155 e. The first-order valence-corrected chi connectivity index (χ1v) is 5.45. The largest absolute Gasteiger partial charge is 0.350 e. The second-order valence-electron chi connectivity index (χ2n) is 3.69. The number of carbonyl (C=O) groups is 1. The van der Waals surface area contributed by atoms with Gasteiger partial charge in [-0.15, -0.1) is 0 Å². The molecule has 4 heteroatoms. The molecule has 0 saturated heterocycles. The van der Waals surface area contributed by atoms with Gasteiger partial charge in [-0.1, -0.05) is 24.9 Å². The average Bonchev–Trinajstić information content (AvgIpc) is 2.38. The number of likely N-dealkylation sites (N-methyl/N-ethyl adjacent to an activating group) is 1. The third-order valence-corrected chi connectivity index (χ3v) is 2.86. The van der Waals surface area contributed by atoms with Gasteiger partial charge in [0.25, 0.3) is 0 Å². The van der Waals surface area contributed by atoms with E-state index in [1.165, 1.54) is 0 Å². The first-order valence-electron chi connectivity index (χ1n) is 5.02. The number of alkyl halides is 1. The summed E-state index contributed by atoms with van der Waals surface area (Å²) >= 11 is 5.99. The van der Waals surface area contributed by atoms with Crippen molar-refractivity contribution in [2.24, 2.45) is 4.99 Å². The van der Waals surface area contributed by atoms with Crippen LogP contribution in [0, 0.1) is 0 Å². The molecule has 0 aromatic carbocycles. The summed E-state index contributed by atoms with van der Waals surface area (Å²) in [5.74, 6) is 1.05. The number of rotatable bonds is 4. The van der Waals surface area contributed by atoms with Crippen molar-refractivity contribution in [2.75, 3.05) is 7.05 Å². The fourth-order valence-corrected chi connectivity index (χ4v) is 2.15. The molecule has 14 heavy (non-hydrogen) atoms. The van der Waals surface area contributed by atoms with Gasteiger partial charge < -0.3 is 4.90 Å². The molecular weight excluding hydrogens is 200 g/mol. The highest BCUT2D eigenvalue weighted by atomic mass is 35.5. The molecule has 1 rings (SSSR count). The monoisotopic (exact) mass is 216 g/mol. The molecule has 1 heterocycles. The summed E-state index contributed by atoms with van der Waals surface area (Å²) in [5, 5.41) is 0. The van der Waals surface area contributed by atoms with Crippen molar-refractivity contribution in [3.8, 4) is 0 Å². The summed E-state index contributed by atoms with van der Waals surface area (Å²) in [6, 6.07) is -0.261. The van der Waals surface area contributed by atoms with Crippen LogP contribution in [-0.2, 0) is 4.79 Å². The Morgan fingerprint density at radius 2 is 2.29 bits per heavy atom. The molecule has 0 aromatic rings. The summed E-state index contributed by atoms with van der Waals surface area (Å²) in [4.78, 5) is 17.5. The molecule has 3 nitrogen and oxygen atoms in total. The van der Waals surface area contributed by atoms with Crippen LogP contribution < -0.4 is 0 Å². The lowest BCUT2D eigenvalue weighted by Gasteiger charge is -2.22. The Morgan fingerprint density at radius 3 is 2.71 bits per heavy atom. The number of Topliss-reactive ketones (excluding diaryl/α,β-unsaturated/α-hetero) is 1. The topological polar surface area (TPSA) is 32.7 Å². The molecular formula is C10H17ClN2O. The lowest BCUT2D eigenvalue weighted by atomic mass is 10.2. The van der Waals surface area contributed by atoms with Crippen molar-refractivity contribution in [2.45, 2.75) is 44.7 Å². The summed E-state index contributed by atoms with van der Waals surface area (Å²) in [7, 11) is 1.89. The number of hydrogen-bond donors (Lipinski definition) is 0. The van der Waals surface area contributed by atoms with Crippen molar-refractivity contribution < 1.29 is 4.79 Å². The number of amidine groups is 1. The zero-order valence-electron chi connectivity index (χ0n) is 8.96. The van der Waals surface area contributed by atoms with E-state index in [9.17, 15) is 4.79 Å². The smallest absolute Gasteiger partial charge is 0.155 e. The SMILES string of the molecule is CCCCC1=N[C@H](Cl)C(C(C)=O)N1C. The fourth-order valence-electron chi connectivity index (χ4n) is 1.69. The molecule has 1 aliphatic heterocycles. The van der Waals surface area contributed by atoms with Gasteiger partial charge in [0.1, 0.15) is 11.9 Å². The number of halogens is 1. The highest BCUT2D eigenvalue weighted by Crippen LogP contribution is 2.22. The fraction of sp³-hybridized carbons (Fsp3) is 0.800. The summed E-state index contributed by atoms with van der Waals surface area (Å²) in [5.41, 5.74) is -0.399. The molecule has 0 saturated carbocycles. The standard InChI is InChI=1S/C10H17ClN2O/c1-4-5-6-8-12-10(11)9(7(2)14)13(8)3/h9-10H,4-6H2,1-3H3/t9?,10-/m0/s1. The Hall–Kier alpha value is -0.570. The van der Waals surface area contributed by atoms with E-state index in [0.717, 1.165) is 25.1 Å². The number of nitrogens with zero attached hydrogens (tertiary/aromatic N) is 2. The molecule has 0 bridgehead atoms. The quantitative estimate of drug-likeness (QED) is 0.532. The third kappa shape index (κ3) is 2.27. The second-order valence-corrected chi connectivity index (χ2v) is 4.14. The predicted octanol–water partition coefficient (Wildman–Crippen LogP) is 2.04. The van der Waals surface area contributed by atoms with Gasteiger partial charge >= 0.3 is 0 Å². The van der Waals surface area contributed by atoms with E-state index in [0.29, 0.717) is 0 Å².